The Morgan fingerprint density at radius 1 is 0.931 bits per heavy atom. The molecule has 4 aromatic rings. The maximum Gasteiger partial charge on any atom is 0.253 e. The van der Waals surface area contributed by atoms with E-state index in [4.69, 9.17) is 10.1 Å². The molecule has 1 aliphatic rings. The maximum atomic E-state index is 12.8. The molecule has 0 saturated carbocycles. The highest BCUT2D eigenvalue weighted by molar-refractivity contribution is 5.94. The Bertz CT molecular complexity index is 1140. The number of pyridine rings is 3. The van der Waals surface area contributed by atoms with Crippen molar-refractivity contribution in [1.29, 1.82) is 0 Å². The van der Waals surface area contributed by atoms with Gasteiger partial charge in [0.25, 0.3) is 5.91 Å². The van der Waals surface area contributed by atoms with Crippen molar-refractivity contribution in [2.75, 3.05) is 13.1 Å². The van der Waals surface area contributed by atoms with E-state index in [1.807, 2.05) is 39.9 Å². The van der Waals surface area contributed by atoms with Crippen molar-refractivity contribution < 1.29 is 4.79 Å². The number of nitrogens with zero attached hydrogens (tertiary/aromatic N) is 6. The van der Waals surface area contributed by atoms with Crippen molar-refractivity contribution in [1.82, 2.24) is 29.5 Å². The Balaban J connectivity index is 1.39. The van der Waals surface area contributed by atoms with E-state index in [1.165, 1.54) is 0 Å². The summed E-state index contributed by atoms with van der Waals surface area (Å²) in [5, 5.41) is 4.73. The number of rotatable bonds is 3. The van der Waals surface area contributed by atoms with Crippen LogP contribution in [0.15, 0.2) is 67.4 Å². The lowest BCUT2D eigenvalue weighted by Gasteiger charge is -2.31. The summed E-state index contributed by atoms with van der Waals surface area (Å²) in [4.78, 5) is 27.5. The van der Waals surface area contributed by atoms with E-state index < -0.39 is 0 Å². The zero-order chi connectivity index (χ0) is 19.6. The van der Waals surface area contributed by atoms with Gasteiger partial charge < -0.3 is 4.90 Å². The van der Waals surface area contributed by atoms with Gasteiger partial charge in [0.1, 0.15) is 0 Å². The molecule has 1 fully saturated rings. The van der Waals surface area contributed by atoms with Crippen LogP contribution in [-0.2, 0) is 0 Å². The molecule has 5 heterocycles. The van der Waals surface area contributed by atoms with Crippen LogP contribution in [-0.4, -0.2) is 48.5 Å². The smallest absolute Gasteiger partial charge is 0.253 e. The van der Waals surface area contributed by atoms with E-state index in [-0.39, 0.29) is 11.8 Å². The number of piperidine rings is 1. The molecular weight excluding hydrogens is 364 g/mol. The highest BCUT2D eigenvalue weighted by Gasteiger charge is 2.28. The number of carbonyl (C=O) groups is 1. The van der Waals surface area contributed by atoms with E-state index in [0.29, 0.717) is 12.1 Å². The van der Waals surface area contributed by atoms with Crippen molar-refractivity contribution in [3.63, 3.8) is 0 Å². The number of hydrogen-bond donors (Lipinski definition) is 0. The zero-order valence-electron chi connectivity index (χ0n) is 15.8. The number of hydrogen-bond acceptors (Lipinski definition) is 5. The lowest BCUT2D eigenvalue weighted by molar-refractivity contribution is 0.0704. The fourth-order valence-electron chi connectivity index (χ4n) is 3.84. The first-order valence-corrected chi connectivity index (χ1v) is 9.74. The minimum Gasteiger partial charge on any atom is -0.338 e. The van der Waals surface area contributed by atoms with Gasteiger partial charge in [-0.2, -0.15) is 5.10 Å². The van der Waals surface area contributed by atoms with Gasteiger partial charge in [0.05, 0.1) is 0 Å². The molecule has 1 atom stereocenters. The van der Waals surface area contributed by atoms with Crippen molar-refractivity contribution >= 4 is 11.6 Å². The van der Waals surface area contributed by atoms with Crippen molar-refractivity contribution in [3.8, 4) is 11.1 Å². The maximum absolute atomic E-state index is 12.8. The fraction of sp³-hybridized carbons (Fsp3) is 0.227. The molecule has 5 rings (SSSR count). The number of fused-ring (bicyclic) bond motifs is 1. The van der Waals surface area contributed by atoms with Crippen LogP contribution in [0.3, 0.4) is 0 Å². The third kappa shape index (κ3) is 3.47. The van der Waals surface area contributed by atoms with Gasteiger partial charge in [-0.3, -0.25) is 14.8 Å². The largest absolute Gasteiger partial charge is 0.338 e. The molecule has 0 N–H and O–H groups in total. The van der Waals surface area contributed by atoms with Crippen LogP contribution in [0, 0.1) is 0 Å². The lowest BCUT2D eigenvalue weighted by atomic mass is 9.97. The first-order chi connectivity index (χ1) is 14.3. The second kappa shape index (κ2) is 7.43. The average Bonchev–Trinajstić information content (AvgIpc) is 3.23. The third-order valence-corrected chi connectivity index (χ3v) is 5.36. The second-order valence-corrected chi connectivity index (χ2v) is 7.25. The van der Waals surface area contributed by atoms with Gasteiger partial charge in [0.2, 0.25) is 0 Å². The summed E-state index contributed by atoms with van der Waals surface area (Å²) in [5.74, 6) is 0.976. The summed E-state index contributed by atoms with van der Waals surface area (Å²) in [6, 6.07) is 11.5. The van der Waals surface area contributed by atoms with E-state index in [0.717, 1.165) is 42.0 Å². The van der Waals surface area contributed by atoms with Crippen LogP contribution in [0.4, 0.5) is 0 Å². The van der Waals surface area contributed by atoms with Gasteiger partial charge >= 0.3 is 0 Å². The molecular formula is C22H20N6O. The second-order valence-electron chi connectivity index (χ2n) is 7.25. The summed E-state index contributed by atoms with van der Waals surface area (Å²) in [5.41, 5.74) is 3.64. The number of aromatic nitrogens is 5. The normalized spacial score (nSPS) is 16.8. The fourth-order valence-corrected chi connectivity index (χ4v) is 3.84. The standard InChI is InChI=1S/C22H20N6O/c29-22(17-7-11-24-12-8-17)27-13-1-2-19(14-27)21-25-20-4-3-18(15-28(20)26-21)16-5-9-23-10-6-16/h3-12,15,19H,1-2,13-14H2/t19-/m1/s1. The minimum absolute atomic E-state index is 0.0424. The summed E-state index contributed by atoms with van der Waals surface area (Å²) < 4.78 is 1.83. The first kappa shape index (κ1) is 17.5. The van der Waals surface area contributed by atoms with Crippen LogP contribution < -0.4 is 0 Å². The molecule has 144 valence electrons. The zero-order valence-corrected chi connectivity index (χ0v) is 15.8. The molecule has 0 bridgehead atoms. The Morgan fingerprint density at radius 3 is 2.48 bits per heavy atom. The predicted molar refractivity (Wildman–Crippen MR) is 108 cm³/mol. The Hall–Kier alpha value is -3.61. The van der Waals surface area contributed by atoms with Crippen molar-refractivity contribution in [2.45, 2.75) is 18.8 Å². The third-order valence-electron chi connectivity index (χ3n) is 5.36. The molecule has 1 saturated heterocycles. The average molecular weight is 384 g/mol. The van der Waals surface area contributed by atoms with Crippen LogP contribution in [0.1, 0.15) is 34.9 Å². The van der Waals surface area contributed by atoms with E-state index in [2.05, 4.69) is 9.97 Å². The quantitative estimate of drug-likeness (QED) is 0.542. The van der Waals surface area contributed by atoms with Crippen LogP contribution in [0.5, 0.6) is 0 Å². The lowest BCUT2D eigenvalue weighted by Crippen LogP contribution is -2.39. The van der Waals surface area contributed by atoms with Crippen LogP contribution in [0.2, 0.25) is 0 Å². The Morgan fingerprint density at radius 2 is 1.69 bits per heavy atom. The van der Waals surface area contributed by atoms with E-state index >= 15 is 0 Å². The van der Waals surface area contributed by atoms with Gasteiger partial charge in [0, 0.05) is 61.1 Å². The van der Waals surface area contributed by atoms with E-state index in [1.54, 1.807) is 36.9 Å². The molecule has 0 unspecified atom stereocenters. The van der Waals surface area contributed by atoms with Gasteiger partial charge in [-0.25, -0.2) is 9.50 Å². The molecule has 0 spiro atoms. The first-order valence-electron chi connectivity index (χ1n) is 9.74. The predicted octanol–water partition coefficient (Wildman–Crippen LogP) is 3.21. The Kier molecular flexibility index (Phi) is 4.48. The summed E-state index contributed by atoms with van der Waals surface area (Å²) >= 11 is 0. The molecule has 4 aromatic heterocycles. The topological polar surface area (TPSA) is 76.3 Å². The summed E-state index contributed by atoms with van der Waals surface area (Å²) in [6.07, 6.45) is 10.8. The summed E-state index contributed by atoms with van der Waals surface area (Å²) in [7, 11) is 0. The number of likely N-dealkylation sites (tertiary alicyclic amines) is 1. The molecule has 7 heteroatoms. The molecule has 7 nitrogen and oxygen atoms in total. The molecule has 1 amide bonds. The number of amides is 1. The van der Waals surface area contributed by atoms with Crippen LogP contribution >= 0.6 is 0 Å². The van der Waals surface area contributed by atoms with Crippen molar-refractivity contribution in [3.05, 3.63) is 78.8 Å². The highest BCUT2D eigenvalue weighted by Crippen LogP contribution is 2.27. The van der Waals surface area contributed by atoms with Crippen molar-refractivity contribution in [2.24, 2.45) is 0 Å². The molecule has 0 aromatic carbocycles. The molecule has 0 aliphatic carbocycles. The van der Waals surface area contributed by atoms with E-state index in [9.17, 15) is 4.79 Å². The minimum atomic E-state index is 0.0424. The monoisotopic (exact) mass is 384 g/mol. The molecule has 0 radical (unpaired) electrons. The van der Waals surface area contributed by atoms with Crippen LogP contribution in [0.25, 0.3) is 16.8 Å². The molecule has 1 aliphatic heterocycles. The molecule has 29 heavy (non-hydrogen) atoms. The summed E-state index contributed by atoms with van der Waals surface area (Å²) in [6.45, 7) is 1.40. The van der Waals surface area contributed by atoms with Gasteiger partial charge in [-0.15, -0.1) is 0 Å². The van der Waals surface area contributed by atoms with Gasteiger partial charge in [0.15, 0.2) is 11.5 Å². The SMILES string of the molecule is O=C(c1ccncc1)N1CCC[C@@H](c2nc3ccc(-c4ccncc4)cn3n2)C1. The highest BCUT2D eigenvalue weighted by atomic mass is 16.2. The van der Waals surface area contributed by atoms with Gasteiger partial charge in [-0.05, 0) is 54.8 Å². The number of carbonyl (C=O) groups excluding carboxylic acids is 1. The van der Waals surface area contributed by atoms with Gasteiger partial charge in [-0.1, -0.05) is 0 Å². The Labute approximate surface area is 168 Å².